The predicted octanol–water partition coefficient (Wildman–Crippen LogP) is 2.58. The number of hydrogen-bond donors (Lipinski definition) is 1. The molecule has 0 radical (unpaired) electrons. The van der Waals surface area contributed by atoms with Crippen molar-refractivity contribution in [2.24, 2.45) is 0 Å². The average molecular weight is 331 g/mol. The summed E-state index contributed by atoms with van der Waals surface area (Å²) >= 11 is 0. The third-order valence-electron chi connectivity index (χ3n) is 4.36. The van der Waals surface area contributed by atoms with Crippen molar-refractivity contribution in [1.82, 2.24) is 10.2 Å². The molecule has 120 valence electrons. The quantitative estimate of drug-likeness (QED) is 0.874. The summed E-state index contributed by atoms with van der Waals surface area (Å²) in [5.74, 6) is 0.796. The lowest BCUT2D eigenvalue weighted by Gasteiger charge is -2.33. The molecule has 1 atom stereocenters. The molecule has 4 nitrogen and oxygen atoms in total. The fraction of sp³-hybridized carbons (Fsp3) is 0.278. The Morgan fingerprint density at radius 1 is 1.04 bits per heavy atom. The Morgan fingerprint density at radius 2 is 1.83 bits per heavy atom. The Bertz CT molecular complexity index is 705. The lowest BCUT2D eigenvalue weighted by Crippen LogP contribution is -2.54. The summed E-state index contributed by atoms with van der Waals surface area (Å²) < 4.78 is 6.07. The van der Waals surface area contributed by atoms with Crippen molar-refractivity contribution in [2.45, 2.75) is 6.04 Å². The highest BCUT2D eigenvalue weighted by molar-refractivity contribution is 6.00. The van der Waals surface area contributed by atoms with Crippen LogP contribution >= 0.6 is 12.4 Å². The molecule has 2 aliphatic heterocycles. The van der Waals surface area contributed by atoms with Gasteiger partial charge < -0.3 is 15.0 Å². The zero-order chi connectivity index (χ0) is 14.9. The maximum Gasteiger partial charge on any atom is 0.258 e. The van der Waals surface area contributed by atoms with E-state index in [2.05, 4.69) is 5.32 Å². The summed E-state index contributed by atoms with van der Waals surface area (Å²) in [6.07, 6.45) is 0. The molecule has 1 amide bonds. The SMILES string of the molecule is Cl.O=C1c2cccc(-c3ccccc3)c2OCC2CNCCN12. The van der Waals surface area contributed by atoms with Crippen LogP contribution in [0.15, 0.2) is 48.5 Å². The first-order chi connectivity index (χ1) is 10.8. The second-order valence-corrected chi connectivity index (χ2v) is 5.72. The summed E-state index contributed by atoms with van der Waals surface area (Å²) in [6.45, 7) is 2.91. The number of nitrogens with one attached hydrogen (secondary N) is 1. The summed E-state index contributed by atoms with van der Waals surface area (Å²) in [6, 6.07) is 16.0. The van der Waals surface area contributed by atoms with Crippen molar-refractivity contribution >= 4 is 18.3 Å². The van der Waals surface area contributed by atoms with Gasteiger partial charge in [-0.05, 0) is 11.6 Å². The molecule has 1 unspecified atom stereocenters. The van der Waals surface area contributed by atoms with Gasteiger partial charge in [-0.2, -0.15) is 0 Å². The number of carbonyl (C=O) groups is 1. The summed E-state index contributed by atoms with van der Waals surface area (Å²) in [4.78, 5) is 14.8. The molecule has 2 aliphatic rings. The molecule has 0 aliphatic carbocycles. The van der Waals surface area contributed by atoms with Crippen LogP contribution in [0.2, 0.25) is 0 Å². The average Bonchev–Trinajstić information content (AvgIpc) is 2.73. The molecule has 1 N–H and O–H groups in total. The van der Waals surface area contributed by atoms with E-state index in [1.54, 1.807) is 0 Å². The van der Waals surface area contributed by atoms with Crippen molar-refractivity contribution in [3.63, 3.8) is 0 Å². The topological polar surface area (TPSA) is 41.6 Å². The number of amides is 1. The van der Waals surface area contributed by atoms with E-state index in [1.807, 2.05) is 53.4 Å². The second kappa shape index (κ2) is 6.60. The highest BCUT2D eigenvalue weighted by atomic mass is 35.5. The second-order valence-electron chi connectivity index (χ2n) is 5.72. The van der Waals surface area contributed by atoms with Gasteiger partial charge in [-0.3, -0.25) is 4.79 Å². The number of carbonyl (C=O) groups excluding carboxylic acids is 1. The third kappa shape index (κ3) is 2.80. The van der Waals surface area contributed by atoms with Crippen LogP contribution in [0.25, 0.3) is 11.1 Å². The lowest BCUT2D eigenvalue weighted by molar-refractivity contribution is 0.0606. The first kappa shape index (κ1) is 15.8. The van der Waals surface area contributed by atoms with Gasteiger partial charge in [-0.25, -0.2) is 0 Å². The van der Waals surface area contributed by atoms with E-state index in [0.29, 0.717) is 17.9 Å². The monoisotopic (exact) mass is 330 g/mol. The fourth-order valence-corrected chi connectivity index (χ4v) is 3.22. The van der Waals surface area contributed by atoms with Crippen molar-refractivity contribution in [2.75, 3.05) is 26.2 Å². The molecular weight excluding hydrogens is 312 g/mol. The van der Waals surface area contributed by atoms with Gasteiger partial charge in [0.05, 0.1) is 11.6 Å². The first-order valence-electron chi connectivity index (χ1n) is 7.67. The summed E-state index contributed by atoms with van der Waals surface area (Å²) in [5.41, 5.74) is 2.73. The van der Waals surface area contributed by atoms with Gasteiger partial charge in [0.25, 0.3) is 5.91 Å². The minimum absolute atomic E-state index is 0. The standard InChI is InChI=1S/C18H18N2O2.ClH/c21-18-16-8-4-7-15(13-5-2-1-3-6-13)17(16)22-12-14-11-19-9-10-20(14)18;/h1-8,14,19H,9-12H2;1H. The molecular formula is C18H19ClN2O2. The third-order valence-corrected chi connectivity index (χ3v) is 4.36. The predicted molar refractivity (Wildman–Crippen MR) is 92.3 cm³/mol. The van der Waals surface area contributed by atoms with E-state index in [0.717, 1.165) is 30.8 Å². The smallest absolute Gasteiger partial charge is 0.258 e. The minimum atomic E-state index is 0. The van der Waals surface area contributed by atoms with Gasteiger partial charge in [-0.1, -0.05) is 42.5 Å². The van der Waals surface area contributed by atoms with Crippen LogP contribution in [0.3, 0.4) is 0 Å². The van der Waals surface area contributed by atoms with Crippen LogP contribution in [-0.4, -0.2) is 43.1 Å². The van der Waals surface area contributed by atoms with Gasteiger partial charge >= 0.3 is 0 Å². The number of fused-ring (bicyclic) bond motifs is 2. The zero-order valence-electron chi connectivity index (χ0n) is 12.7. The molecule has 2 heterocycles. The highest BCUT2D eigenvalue weighted by Crippen LogP contribution is 2.36. The van der Waals surface area contributed by atoms with E-state index in [4.69, 9.17) is 4.74 Å². The number of para-hydroxylation sites is 1. The Balaban J connectivity index is 0.00000156. The van der Waals surface area contributed by atoms with Crippen LogP contribution in [0.1, 0.15) is 10.4 Å². The number of hydrogen-bond acceptors (Lipinski definition) is 3. The largest absolute Gasteiger partial charge is 0.490 e. The molecule has 0 bridgehead atoms. The number of halogens is 1. The van der Waals surface area contributed by atoms with Gasteiger partial charge in [-0.15, -0.1) is 12.4 Å². The molecule has 1 saturated heterocycles. The number of rotatable bonds is 1. The van der Waals surface area contributed by atoms with Gasteiger partial charge in [0.2, 0.25) is 0 Å². The van der Waals surface area contributed by atoms with Crippen LogP contribution in [0, 0.1) is 0 Å². The van der Waals surface area contributed by atoms with Crippen LogP contribution < -0.4 is 10.1 Å². The maximum absolute atomic E-state index is 12.9. The van der Waals surface area contributed by atoms with E-state index < -0.39 is 0 Å². The van der Waals surface area contributed by atoms with Crippen molar-refractivity contribution in [3.8, 4) is 16.9 Å². The van der Waals surface area contributed by atoms with Gasteiger partial charge in [0.15, 0.2) is 0 Å². The van der Waals surface area contributed by atoms with Crippen molar-refractivity contribution < 1.29 is 9.53 Å². The summed E-state index contributed by atoms with van der Waals surface area (Å²) in [7, 11) is 0. The van der Waals surface area contributed by atoms with E-state index >= 15 is 0 Å². The Labute approximate surface area is 141 Å². The zero-order valence-corrected chi connectivity index (χ0v) is 13.5. The molecule has 2 aromatic rings. The molecule has 2 aromatic carbocycles. The number of piperazine rings is 1. The van der Waals surface area contributed by atoms with E-state index in [1.165, 1.54) is 0 Å². The maximum atomic E-state index is 12.9. The molecule has 0 aromatic heterocycles. The van der Waals surface area contributed by atoms with Gasteiger partial charge in [0.1, 0.15) is 12.4 Å². The first-order valence-corrected chi connectivity index (χ1v) is 7.67. The van der Waals surface area contributed by atoms with Gasteiger partial charge in [0, 0.05) is 25.2 Å². The van der Waals surface area contributed by atoms with Crippen molar-refractivity contribution in [1.29, 1.82) is 0 Å². The Kier molecular flexibility index (Phi) is 4.55. The molecule has 0 saturated carbocycles. The minimum Gasteiger partial charge on any atom is -0.490 e. The number of benzene rings is 2. The summed E-state index contributed by atoms with van der Waals surface area (Å²) in [5, 5.41) is 3.33. The Hall–Kier alpha value is -2.04. The lowest BCUT2D eigenvalue weighted by atomic mass is 10.0. The number of nitrogens with zero attached hydrogens (tertiary/aromatic N) is 1. The fourth-order valence-electron chi connectivity index (χ4n) is 3.22. The van der Waals surface area contributed by atoms with Crippen molar-refractivity contribution in [3.05, 3.63) is 54.1 Å². The molecule has 1 fully saturated rings. The molecule has 0 spiro atoms. The molecule has 23 heavy (non-hydrogen) atoms. The highest BCUT2D eigenvalue weighted by Gasteiger charge is 2.33. The molecule has 4 rings (SSSR count). The van der Waals surface area contributed by atoms with E-state index in [-0.39, 0.29) is 24.4 Å². The van der Waals surface area contributed by atoms with Crippen LogP contribution in [0.4, 0.5) is 0 Å². The Morgan fingerprint density at radius 3 is 2.65 bits per heavy atom. The molecule has 5 heteroatoms. The van der Waals surface area contributed by atoms with Crippen LogP contribution in [-0.2, 0) is 0 Å². The van der Waals surface area contributed by atoms with E-state index in [9.17, 15) is 4.79 Å². The number of ether oxygens (including phenoxy) is 1. The van der Waals surface area contributed by atoms with Crippen LogP contribution in [0.5, 0.6) is 5.75 Å². The normalized spacial score (nSPS) is 19.7.